The molecule has 0 unspecified atom stereocenters. The van der Waals surface area contributed by atoms with Gasteiger partial charge in [-0.1, -0.05) is 23.3 Å². The second-order valence-electron chi connectivity index (χ2n) is 6.85. The number of hydrogen-bond acceptors (Lipinski definition) is 6. The highest BCUT2D eigenvalue weighted by Crippen LogP contribution is 2.48. The molecule has 5 rings (SSSR count). The summed E-state index contributed by atoms with van der Waals surface area (Å²) in [4.78, 5) is 16.6. The molecule has 3 aliphatic heterocycles. The minimum Gasteiger partial charge on any atom is -0.408 e. The Labute approximate surface area is 143 Å². The van der Waals surface area contributed by atoms with Crippen molar-refractivity contribution in [1.82, 2.24) is 15.1 Å². The van der Waals surface area contributed by atoms with Crippen LogP contribution >= 0.6 is 0 Å². The molecule has 130 valence electrons. The van der Waals surface area contributed by atoms with Gasteiger partial charge in [0.05, 0.1) is 19.1 Å². The molecule has 3 saturated heterocycles. The molecule has 3 aliphatic rings. The lowest BCUT2D eigenvalue weighted by Gasteiger charge is -2.44. The van der Waals surface area contributed by atoms with Crippen molar-refractivity contribution in [1.29, 1.82) is 0 Å². The highest BCUT2D eigenvalue weighted by atomic mass is 19.1. The van der Waals surface area contributed by atoms with Gasteiger partial charge in [-0.2, -0.15) is 0 Å². The van der Waals surface area contributed by atoms with E-state index in [-0.39, 0.29) is 24.0 Å². The van der Waals surface area contributed by atoms with Gasteiger partial charge in [0.25, 0.3) is 5.91 Å². The molecule has 0 aliphatic carbocycles. The molecule has 1 spiro atoms. The van der Waals surface area contributed by atoms with Gasteiger partial charge in [-0.25, -0.2) is 4.39 Å². The predicted octanol–water partition coefficient (Wildman–Crippen LogP) is 1.80. The molecule has 1 aromatic heterocycles. The van der Waals surface area contributed by atoms with E-state index < -0.39 is 5.60 Å². The lowest BCUT2D eigenvalue weighted by atomic mass is 9.92. The molecular weight excluding hydrogens is 327 g/mol. The molecule has 7 nitrogen and oxygen atoms in total. The van der Waals surface area contributed by atoms with E-state index in [1.165, 1.54) is 6.07 Å². The van der Waals surface area contributed by atoms with Crippen molar-refractivity contribution < 1.29 is 18.3 Å². The Morgan fingerprint density at radius 2 is 2.04 bits per heavy atom. The maximum atomic E-state index is 14.2. The number of aryl methyl sites for hydroxylation is 1. The minimum absolute atomic E-state index is 0.0734. The Morgan fingerprint density at radius 3 is 2.76 bits per heavy atom. The van der Waals surface area contributed by atoms with Gasteiger partial charge in [-0.05, 0) is 18.9 Å². The third-order valence-electron chi connectivity index (χ3n) is 5.26. The van der Waals surface area contributed by atoms with Crippen LogP contribution in [0.25, 0.3) is 0 Å². The Kier molecular flexibility index (Phi) is 2.97. The average molecular weight is 344 g/mol. The van der Waals surface area contributed by atoms with Crippen LogP contribution in [0, 0.1) is 12.7 Å². The van der Waals surface area contributed by atoms with Gasteiger partial charge in [-0.15, -0.1) is 5.10 Å². The summed E-state index contributed by atoms with van der Waals surface area (Å²) in [6.07, 6.45) is 1.13. The van der Waals surface area contributed by atoms with Crippen molar-refractivity contribution in [3.8, 4) is 0 Å². The Bertz CT molecular complexity index is 848. The fourth-order valence-electron chi connectivity index (χ4n) is 4.09. The predicted molar refractivity (Wildman–Crippen MR) is 84.1 cm³/mol. The van der Waals surface area contributed by atoms with Gasteiger partial charge in [-0.3, -0.25) is 4.79 Å². The summed E-state index contributed by atoms with van der Waals surface area (Å²) in [7, 11) is 0. The zero-order valence-corrected chi connectivity index (χ0v) is 13.7. The molecule has 0 radical (unpaired) electrons. The fraction of sp³-hybridized carbons (Fsp3) is 0.471. The first kappa shape index (κ1) is 14.8. The van der Waals surface area contributed by atoms with Crippen LogP contribution < -0.4 is 4.90 Å². The Hall–Kier alpha value is -2.48. The lowest BCUT2D eigenvalue weighted by Crippen LogP contribution is -2.66. The molecule has 8 heteroatoms. The smallest absolute Gasteiger partial charge is 0.318 e. The van der Waals surface area contributed by atoms with Crippen LogP contribution in [0.5, 0.6) is 0 Å². The number of fused-ring (bicyclic) bond motifs is 1. The SMILES string of the molecule is Cc1nnc(N2CC3(C2)O[C@@H]2CC[C@@H](c4ccccc4F)N2C3=O)o1. The number of benzene rings is 1. The van der Waals surface area contributed by atoms with Crippen molar-refractivity contribution in [2.75, 3.05) is 18.0 Å². The first-order valence-corrected chi connectivity index (χ1v) is 8.37. The Balaban J connectivity index is 1.38. The van der Waals surface area contributed by atoms with Crippen molar-refractivity contribution in [3.63, 3.8) is 0 Å². The third kappa shape index (κ3) is 2.03. The molecule has 1 amide bonds. The molecule has 0 saturated carbocycles. The van der Waals surface area contributed by atoms with E-state index in [4.69, 9.17) is 9.15 Å². The number of aromatic nitrogens is 2. The average Bonchev–Trinajstić information content (AvgIpc) is 3.22. The number of ether oxygens (including phenoxy) is 1. The van der Waals surface area contributed by atoms with Gasteiger partial charge in [0.1, 0.15) is 12.0 Å². The largest absolute Gasteiger partial charge is 0.408 e. The van der Waals surface area contributed by atoms with Crippen LogP contribution in [0.2, 0.25) is 0 Å². The van der Waals surface area contributed by atoms with Crippen LogP contribution in [0.3, 0.4) is 0 Å². The van der Waals surface area contributed by atoms with E-state index in [0.29, 0.717) is 43.4 Å². The normalized spacial score (nSPS) is 27.0. The third-order valence-corrected chi connectivity index (χ3v) is 5.26. The number of carbonyl (C=O) groups is 1. The maximum Gasteiger partial charge on any atom is 0.318 e. The van der Waals surface area contributed by atoms with Crippen molar-refractivity contribution in [2.45, 2.75) is 37.6 Å². The van der Waals surface area contributed by atoms with E-state index >= 15 is 0 Å². The molecule has 0 bridgehead atoms. The monoisotopic (exact) mass is 344 g/mol. The highest BCUT2D eigenvalue weighted by Gasteiger charge is 2.63. The van der Waals surface area contributed by atoms with Crippen molar-refractivity contribution >= 4 is 11.9 Å². The fourth-order valence-corrected chi connectivity index (χ4v) is 4.09. The molecular formula is C17H17FN4O3. The molecule has 1 aromatic carbocycles. The standard InChI is InChI=1S/C17H17FN4O3/c1-10-19-20-16(24-10)21-8-17(9-21)15(23)22-13(6-7-14(22)25-17)11-4-2-3-5-12(11)18/h2-5,13-14H,6-9H2,1H3/t13-,14+/m0/s1. The zero-order chi connectivity index (χ0) is 17.2. The van der Waals surface area contributed by atoms with E-state index in [1.807, 2.05) is 4.90 Å². The molecule has 0 N–H and O–H groups in total. The number of rotatable bonds is 2. The highest BCUT2D eigenvalue weighted by molar-refractivity contribution is 5.91. The van der Waals surface area contributed by atoms with E-state index in [1.54, 1.807) is 30.0 Å². The van der Waals surface area contributed by atoms with Crippen molar-refractivity contribution in [3.05, 3.63) is 41.5 Å². The van der Waals surface area contributed by atoms with Gasteiger partial charge in [0.2, 0.25) is 5.89 Å². The van der Waals surface area contributed by atoms with Crippen LogP contribution in [0.4, 0.5) is 10.4 Å². The summed E-state index contributed by atoms with van der Waals surface area (Å²) in [5.41, 5.74) is -0.320. The number of hydrogen-bond donors (Lipinski definition) is 0. The van der Waals surface area contributed by atoms with Crippen molar-refractivity contribution in [2.24, 2.45) is 0 Å². The number of halogens is 1. The summed E-state index contributed by atoms with van der Waals surface area (Å²) in [5, 5.41) is 7.78. The summed E-state index contributed by atoms with van der Waals surface area (Å²) in [6, 6.07) is 6.77. The second-order valence-corrected chi connectivity index (χ2v) is 6.85. The lowest BCUT2D eigenvalue weighted by molar-refractivity contribution is -0.141. The first-order valence-electron chi connectivity index (χ1n) is 8.37. The van der Waals surface area contributed by atoms with Crippen LogP contribution in [-0.2, 0) is 9.53 Å². The summed E-state index contributed by atoms with van der Waals surface area (Å²) < 4.78 is 25.7. The van der Waals surface area contributed by atoms with Gasteiger partial charge >= 0.3 is 6.01 Å². The summed E-state index contributed by atoms with van der Waals surface area (Å²) in [5.74, 6) is 0.129. The number of carbonyl (C=O) groups excluding carboxylic acids is 1. The van der Waals surface area contributed by atoms with Crippen LogP contribution in [0.1, 0.15) is 30.3 Å². The van der Waals surface area contributed by atoms with Crippen LogP contribution in [0.15, 0.2) is 28.7 Å². The first-order chi connectivity index (χ1) is 12.1. The number of amides is 1. The van der Waals surface area contributed by atoms with Crippen LogP contribution in [-0.4, -0.2) is 45.9 Å². The molecule has 3 fully saturated rings. The Morgan fingerprint density at radius 1 is 1.24 bits per heavy atom. The quantitative estimate of drug-likeness (QED) is 0.827. The molecule has 2 atom stereocenters. The number of anilines is 1. The topological polar surface area (TPSA) is 71.7 Å². The second kappa shape index (κ2) is 5.01. The van der Waals surface area contributed by atoms with E-state index in [2.05, 4.69) is 10.2 Å². The number of nitrogens with zero attached hydrogens (tertiary/aromatic N) is 4. The van der Waals surface area contributed by atoms with Gasteiger partial charge in [0.15, 0.2) is 5.60 Å². The van der Waals surface area contributed by atoms with Gasteiger partial charge in [0, 0.05) is 12.5 Å². The summed E-state index contributed by atoms with van der Waals surface area (Å²) in [6.45, 7) is 2.48. The minimum atomic E-state index is -0.878. The summed E-state index contributed by atoms with van der Waals surface area (Å²) >= 11 is 0. The molecule has 25 heavy (non-hydrogen) atoms. The molecule has 4 heterocycles. The van der Waals surface area contributed by atoms with E-state index in [0.717, 1.165) is 0 Å². The van der Waals surface area contributed by atoms with E-state index in [9.17, 15) is 9.18 Å². The molecule has 2 aromatic rings. The maximum absolute atomic E-state index is 14.2. The van der Waals surface area contributed by atoms with Gasteiger partial charge < -0.3 is 19.0 Å². The zero-order valence-electron chi connectivity index (χ0n) is 13.7.